The molecule has 1 radical (unpaired) electrons. The molecule has 0 aliphatic carbocycles. The van der Waals surface area contributed by atoms with E-state index in [4.69, 9.17) is 0 Å². The highest BCUT2D eigenvalue weighted by molar-refractivity contribution is 4.83. The molecular formula is C11H23. The summed E-state index contributed by atoms with van der Waals surface area (Å²) in [4.78, 5) is 0. The molecule has 0 heteroatoms. The van der Waals surface area contributed by atoms with Gasteiger partial charge in [-0.3, -0.25) is 0 Å². The maximum absolute atomic E-state index is 2.47. The average Bonchev–Trinajstić information content (AvgIpc) is 1.87. The van der Waals surface area contributed by atoms with Gasteiger partial charge in [-0.05, 0) is 24.2 Å². The van der Waals surface area contributed by atoms with Gasteiger partial charge in [-0.1, -0.05) is 47.5 Å². The van der Waals surface area contributed by atoms with Crippen molar-refractivity contribution in [3.05, 3.63) is 6.42 Å². The van der Waals surface area contributed by atoms with E-state index in [-0.39, 0.29) is 0 Å². The van der Waals surface area contributed by atoms with E-state index < -0.39 is 0 Å². The Morgan fingerprint density at radius 2 is 1.82 bits per heavy atom. The largest absolute Gasteiger partial charge is 0.0649 e. The first-order chi connectivity index (χ1) is 4.98. The SMILES string of the molecule is CCC(C)(C)[CH]CCC(C)C. The van der Waals surface area contributed by atoms with E-state index in [1.54, 1.807) is 0 Å². The maximum Gasteiger partial charge on any atom is -0.0326 e. The van der Waals surface area contributed by atoms with Crippen LogP contribution in [0.25, 0.3) is 0 Å². The molecule has 0 heterocycles. The number of hydrogen-bond donors (Lipinski definition) is 0. The zero-order valence-electron chi connectivity index (χ0n) is 8.78. The van der Waals surface area contributed by atoms with Crippen molar-refractivity contribution in [3.8, 4) is 0 Å². The molecule has 0 bridgehead atoms. The molecule has 0 aliphatic rings. The molecule has 0 aromatic rings. The van der Waals surface area contributed by atoms with Gasteiger partial charge in [0.15, 0.2) is 0 Å². The second-order valence-corrected chi connectivity index (χ2v) is 4.52. The lowest BCUT2D eigenvalue weighted by Gasteiger charge is -2.22. The summed E-state index contributed by atoms with van der Waals surface area (Å²) in [6, 6.07) is 0. The lowest BCUT2D eigenvalue weighted by Crippen LogP contribution is -2.10. The van der Waals surface area contributed by atoms with Crippen LogP contribution in [-0.4, -0.2) is 0 Å². The summed E-state index contributed by atoms with van der Waals surface area (Å²) in [6.45, 7) is 11.5. The first kappa shape index (κ1) is 11.0. The van der Waals surface area contributed by atoms with Gasteiger partial charge >= 0.3 is 0 Å². The Hall–Kier alpha value is 0. The summed E-state index contributed by atoms with van der Waals surface area (Å²) in [5.74, 6) is 0.846. The normalized spacial score (nSPS) is 12.5. The number of rotatable bonds is 5. The van der Waals surface area contributed by atoms with Crippen LogP contribution < -0.4 is 0 Å². The van der Waals surface area contributed by atoms with Gasteiger partial charge in [0, 0.05) is 0 Å². The van der Waals surface area contributed by atoms with Crippen LogP contribution in [0.4, 0.5) is 0 Å². The van der Waals surface area contributed by atoms with E-state index >= 15 is 0 Å². The number of hydrogen-bond acceptors (Lipinski definition) is 0. The molecule has 0 rings (SSSR count). The molecule has 0 N–H and O–H groups in total. The van der Waals surface area contributed by atoms with Crippen LogP contribution >= 0.6 is 0 Å². The van der Waals surface area contributed by atoms with Crippen LogP contribution in [0, 0.1) is 17.8 Å². The van der Waals surface area contributed by atoms with Crippen molar-refractivity contribution in [2.45, 2.75) is 53.9 Å². The van der Waals surface area contributed by atoms with Crippen molar-refractivity contribution >= 4 is 0 Å². The fourth-order valence-electron chi connectivity index (χ4n) is 0.952. The lowest BCUT2D eigenvalue weighted by molar-refractivity contribution is 0.393. The Bertz CT molecular complexity index is 90.2. The molecule has 0 aliphatic heterocycles. The quantitative estimate of drug-likeness (QED) is 0.561. The third kappa shape index (κ3) is 6.40. The minimum atomic E-state index is 0.453. The van der Waals surface area contributed by atoms with Gasteiger partial charge in [-0.25, -0.2) is 0 Å². The molecule has 0 spiro atoms. The Kier molecular flexibility index (Phi) is 4.79. The van der Waals surface area contributed by atoms with Crippen molar-refractivity contribution in [2.24, 2.45) is 11.3 Å². The molecule has 0 unspecified atom stereocenters. The van der Waals surface area contributed by atoms with Gasteiger partial charge < -0.3 is 0 Å². The van der Waals surface area contributed by atoms with E-state index in [1.165, 1.54) is 19.3 Å². The van der Waals surface area contributed by atoms with Gasteiger partial charge in [0.05, 0.1) is 0 Å². The van der Waals surface area contributed by atoms with Gasteiger partial charge in [0.2, 0.25) is 0 Å². The third-order valence-corrected chi connectivity index (χ3v) is 2.35. The van der Waals surface area contributed by atoms with Crippen LogP contribution in [0.3, 0.4) is 0 Å². The minimum absolute atomic E-state index is 0.453. The summed E-state index contributed by atoms with van der Waals surface area (Å²) in [7, 11) is 0. The Balaban J connectivity index is 3.38. The second kappa shape index (κ2) is 4.79. The van der Waals surface area contributed by atoms with Crippen molar-refractivity contribution in [1.82, 2.24) is 0 Å². The zero-order valence-corrected chi connectivity index (χ0v) is 8.78. The van der Waals surface area contributed by atoms with Crippen LogP contribution in [0.5, 0.6) is 0 Å². The first-order valence-electron chi connectivity index (χ1n) is 4.82. The molecule has 0 fully saturated rings. The highest BCUT2D eigenvalue weighted by atomic mass is 14.2. The van der Waals surface area contributed by atoms with Gasteiger partial charge in [-0.15, -0.1) is 0 Å². The molecule has 0 saturated heterocycles. The van der Waals surface area contributed by atoms with Crippen molar-refractivity contribution in [2.75, 3.05) is 0 Å². The van der Waals surface area contributed by atoms with Gasteiger partial charge in [0.25, 0.3) is 0 Å². The highest BCUT2D eigenvalue weighted by Gasteiger charge is 2.14. The molecule has 0 nitrogen and oxygen atoms in total. The predicted molar refractivity (Wildman–Crippen MR) is 52.4 cm³/mol. The van der Waals surface area contributed by atoms with E-state index in [2.05, 4.69) is 41.0 Å². The van der Waals surface area contributed by atoms with Crippen LogP contribution in [0.15, 0.2) is 0 Å². The first-order valence-corrected chi connectivity index (χ1v) is 4.82. The lowest BCUT2D eigenvalue weighted by atomic mass is 9.84. The summed E-state index contributed by atoms with van der Waals surface area (Å²) < 4.78 is 0. The van der Waals surface area contributed by atoms with Crippen molar-refractivity contribution in [1.29, 1.82) is 0 Å². The molecule has 0 aromatic carbocycles. The monoisotopic (exact) mass is 155 g/mol. The van der Waals surface area contributed by atoms with Gasteiger partial charge in [-0.2, -0.15) is 0 Å². The fourth-order valence-corrected chi connectivity index (χ4v) is 0.952. The molecule has 0 atom stereocenters. The van der Waals surface area contributed by atoms with Crippen LogP contribution in [0.2, 0.25) is 0 Å². The summed E-state index contributed by atoms with van der Waals surface area (Å²) in [6.07, 6.45) is 6.33. The molecular weight excluding hydrogens is 132 g/mol. The average molecular weight is 155 g/mol. The minimum Gasteiger partial charge on any atom is -0.0649 e. The van der Waals surface area contributed by atoms with E-state index in [0.717, 1.165) is 5.92 Å². The van der Waals surface area contributed by atoms with E-state index in [1.807, 2.05) is 0 Å². The van der Waals surface area contributed by atoms with Crippen molar-refractivity contribution in [3.63, 3.8) is 0 Å². The van der Waals surface area contributed by atoms with Gasteiger partial charge in [0.1, 0.15) is 0 Å². The molecule has 0 aromatic heterocycles. The van der Waals surface area contributed by atoms with E-state index in [9.17, 15) is 0 Å². The molecule has 11 heavy (non-hydrogen) atoms. The summed E-state index contributed by atoms with van der Waals surface area (Å²) in [5, 5.41) is 0. The maximum atomic E-state index is 2.47. The fraction of sp³-hybridized carbons (Fsp3) is 0.909. The standard InChI is InChI=1S/C11H23/c1-6-11(4,5)9-7-8-10(2)3/h9-10H,6-8H2,1-5H3. The smallest absolute Gasteiger partial charge is 0.0326 e. The van der Waals surface area contributed by atoms with E-state index in [0.29, 0.717) is 5.41 Å². The molecule has 0 amide bonds. The summed E-state index contributed by atoms with van der Waals surface area (Å²) >= 11 is 0. The molecule has 67 valence electrons. The van der Waals surface area contributed by atoms with Crippen LogP contribution in [0.1, 0.15) is 53.9 Å². The summed E-state index contributed by atoms with van der Waals surface area (Å²) in [5.41, 5.74) is 0.453. The second-order valence-electron chi connectivity index (χ2n) is 4.52. The third-order valence-electron chi connectivity index (χ3n) is 2.35. The Morgan fingerprint density at radius 1 is 1.27 bits per heavy atom. The zero-order chi connectivity index (χ0) is 8.91. The predicted octanol–water partition coefficient (Wildman–Crippen LogP) is 4.06. The Morgan fingerprint density at radius 3 is 2.18 bits per heavy atom. The van der Waals surface area contributed by atoms with Crippen molar-refractivity contribution < 1.29 is 0 Å². The molecule has 0 saturated carbocycles. The highest BCUT2D eigenvalue weighted by Crippen LogP contribution is 2.26. The Labute approximate surface area is 72.4 Å². The topological polar surface area (TPSA) is 0 Å². The van der Waals surface area contributed by atoms with Crippen LogP contribution in [-0.2, 0) is 0 Å².